The molecule has 1 fully saturated rings. The molecule has 0 radical (unpaired) electrons. The standard InChI is InChI=1S/C19H20F3N5O3/c1-11(18(29)25-16-3-2-13(20)9-24-16)26-7-5-19(21,22)14(10-26)12-4-6-27(30)15(8-12)17(23)28/h2-4,6,8-9,11,14H,5,7,10H2,1H3,(H2,23,28)(H,24,25,29). The van der Waals surface area contributed by atoms with Crippen LogP contribution in [-0.2, 0) is 4.79 Å². The minimum Gasteiger partial charge on any atom is -0.618 e. The maximum Gasteiger partial charge on any atom is 0.314 e. The highest BCUT2D eigenvalue weighted by atomic mass is 19.3. The lowest BCUT2D eigenvalue weighted by atomic mass is 9.86. The molecule has 8 nitrogen and oxygen atoms in total. The van der Waals surface area contributed by atoms with Crippen LogP contribution in [0.1, 0.15) is 35.3 Å². The minimum absolute atomic E-state index is 0.0357. The maximum absolute atomic E-state index is 14.6. The monoisotopic (exact) mass is 423 g/mol. The third kappa shape index (κ3) is 4.51. The molecule has 1 saturated heterocycles. The lowest BCUT2D eigenvalue weighted by molar-refractivity contribution is -0.607. The molecule has 0 saturated carbocycles. The molecule has 2 aromatic rings. The van der Waals surface area contributed by atoms with E-state index in [1.807, 2.05) is 0 Å². The van der Waals surface area contributed by atoms with E-state index in [4.69, 9.17) is 5.73 Å². The topological polar surface area (TPSA) is 115 Å². The van der Waals surface area contributed by atoms with Crippen molar-refractivity contribution >= 4 is 17.6 Å². The summed E-state index contributed by atoms with van der Waals surface area (Å²) in [6.45, 7) is 1.34. The summed E-state index contributed by atoms with van der Waals surface area (Å²) in [5, 5.41) is 14.2. The van der Waals surface area contributed by atoms with Gasteiger partial charge in [-0.2, -0.15) is 4.73 Å². The van der Waals surface area contributed by atoms with Crippen molar-refractivity contribution in [1.82, 2.24) is 9.88 Å². The van der Waals surface area contributed by atoms with Gasteiger partial charge in [-0.25, -0.2) is 18.2 Å². The second kappa shape index (κ2) is 8.27. The Labute approximate surface area is 170 Å². The van der Waals surface area contributed by atoms with Gasteiger partial charge < -0.3 is 16.3 Å². The highest BCUT2D eigenvalue weighted by Gasteiger charge is 2.46. The Hall–Kier alpha value is -3.21. The van der Waals surface area contributed by atoms with Gasteiger partial charge in [0.05, 0.1) is 18.2 Å². The molecule has 0 bridgehead atoms. The van der Waals surface area contributed by atoms with Gasteiger partial charge in [-0.05, 0) is 24.6 Å². The molecule has 2 unspecified atom stereocenters. The number of hydrogen-bond donors (Lipinski definition) is 2. The molecule has 11 heteroatoms. The fourth-order valence-corrected chi connectivity index (χ4v) is 3.37. The van der Waals surface area contributed by atoms with Crippen LogP contribution in [0.15, 0.2) is 36.7 Å². The van der Waals surface area contributed by atoms with Gasteiger partial charge in [-0.1, -0.05) is 0 Å². The van der Waals surface area contributed by atoms with E-state index in [2.05, 4.69) is 10.3 Å². The first-order valence-corrected chi connectivity index (χ1v) is 9.15. The van der Waals surface area contributed by atoms with Crippen LogP contribution in [0.2, 0.25) is 0 Å². The van der Waals surface area contributed by atoms with Gasteiger partial charge in [0.15, 0.2) is 6.20 Å². The summed E-state index contributed by atoms with van der Waals surface area (Å²) in [6.07, 6.45) is 1.40. The molecule has 3 rings (SSSR count). The van der Waals surface area contributed by atoms with Gasteiger partial charge in [0.1, 0.15) is 11.6 Å². The summed E-state index contributed by atoms with van der Waals surface area (Å²) in [5.74, 6) is -6.37. The zero-order valence-electron chi connectivity index (χ0n) is 16.0. The summed E-state index contributed by atoms with van der Waals surface area (Å²) in [6, 6.07) is 3.93. The number of amides is 2. The van der Waals surface area contributed by atoms with E-state index < -0.39 is 47.6 Å². The Kier molecular flexibility index (Phi) is 5.92. The zero-order valence-corrected chi connectivity index (χ0v) is 16.0. The zero-order chi connectivity index (χ0) is 22.1. The SMILES string of the molecule is CC(C(=O)Nc1ccc(F)cn1)N1CCC(F)(F)C(c2cc[n+]([O-])c(C(N)=O)c2)C1. The molecule has 0 aliphatic carbocycles. The van der Waals surface area contributed by atoms with Gasteiger partial charge in [-0.15, -0.1) is 0 Å². The number of rotatable bonds is 5. The van der Waals surface area contributed by atoms with E-state index in [9.17, 15) is 28.0 Å². The van der Waals surface area contributed by atoms with Crippen LogP contribution in [0.4, 0.5) is 19.0 Å². The molecule has 3 N–H and O–H groups in total. The van der Waals surface area contributed by atoms with Crippen LogP contribution >= 0.6 is 0 Å². The number of carbonyl (C=O) groups excluding carboxylic acids is 2. The second-order valence-corrected chi connectivity index (χ2v) is 7.12. The normalized spacial score (nSPS) is 19.8. The number of carbonyl (C=O) groups is 2. The van der Waals surface area contributed by atoms with Crippen molar-refractivity contribution in [1.29, 1.82) is 0 Å². The first-order valence-electron chi connectivity index (χ1n) is 9.15. The molecule has 1 aliphatic heterocycles. The van der Waals surface area contributed by atoms with E-state index in [1.54, 1.807) is 11.8 Å². The van der Waals surface area contributed by atoms with E-state index in [0.717, 1.165) is 24.5 Å². The van der Waals surface area contributed by atoms with Crippen LogP contribution in [-0.4, -0.2) is 46.8 Å². The number of primary amides is 1. The van der Waals surface area contributed by atoms with Crippen LogP contribution < -0.4 is 15.8 Å². The largest absolute Gasteiger partial charge is 0.618 e. The molecule has 2 atom stereocenters. The van der Waals surface area contributed by atoms with Gasteiger partial charge >= 0.3 is 5.91 Å². The van der Waals surface area contributed by atoms with Crippen molar-refractivity contribution in [3.05, 3.63) is 58.9 Å². The molecular formula is C19H20F3N5O3. The Balaban J connectivity index is 1.78. The van der Waals surface area contributed by atoms with Crippen molar-refractivity contribution in [2.24, 2.45) is 5.73 Å². The smallest absolute Gasteiger partial charge is 0.314 e. The van der Waals surface area contributed by atoms with Gasteiger partial charge in [-0.3, -0.25) is 14.5 Å². The van der Waals surface area contributed by atoms with Crippen LogP contribution in [0.3, 0.4) is 0 Å². The van der Waals surface area contributed by atoms with E-state index in [0.29, 0.717) is 0 Å². The van der Waals surface area contributed by atoms with Crippen molar-refractivity contribution < 1.29 is 27.5 Å². The fourth-order valence-electron chi connectivity index (χ4n) is 3.37. The van der Waals surface area contributed by atoms with Crippen molar-refractivity contribution in [3.63, 3.8) is 0 Å². The van der Waals surface area contributed by atoms with Crippen LogP contribution in [0.25, 0.3) is 0 Å². The third-order valence-electron chi connectivity index (χ3n) is 5.16. The van der Waals surface area contributed by atoms with Gasteiger partial charge in [0, 0.05) is 31.6 Å². The molecule has 3 heterocycles. The second-order valence-electron chi connectivity index (χ2n) is 7.12. The van der Waals surface area contributed by atoms with Crippen molar-refractivity contribution in [3.8, 4) is 0 Å². The lowest BCUT2D eigenvalue weighted by Gasteiger charge is -2.40. The maximum atomic E-state index is 14.6. The third-order valence-corrected chi connectivity index (χ3v) is 5.16. The average Bonchev–Trinajstić information content (AvgIpc) is 2.69. The molecular weight excluding hydrogens is 403 g/mol. The molecule has 0 spiro atoms. The van der Waals surface area contributed by atoms with Crippen molar-refractivity contribution in [2.45, 2.75) is 31.2 Å². The van der Waals surface area contributed by atoms with Gasteiger partial charge in [0.2, 0.25) is 5.91 Å². The summed E-state index contributed by atoms with van der Waals surface area (Å²) >= 11 is 0. The van der Waals surface area contributed by atoms with E-state index in [1.165, 1.54) is 12.1 Å². The van der Waals surface area contributed by atoms with Crippen LogP contribution in [0.5, 0.6) is 0 Å². The number of hydrogen-bond acceptors (Lipinski definition) is 5. The Morgan fingerprint density at radius 3 is 2.77 bits per heavy atom. The lowest BCUT2D eigenvalue weighted by Crippen LogP contribution is -2.52. The Morgan fingerprint density at radius 1 is 1.40 bits per heavy atom. The summed E-state index contributed by atoms with van der Waals surface area (Å²) < 4.78 is 42.4. The highest BCUT2D eigenvalue weighted by Crippen LogP contribution is 2.40. The molecule has 30 heavy (non-hydrogen) atoms. The molecule has 2 amide bonds. The molecule has 160 valence electrons. The predicted octanol–water partition coefficient (Wildman–Crippen LogP) is 1.40. The fraction of sp³-hybridized carbons (Fsp3) is 0.368. The summed E-state index contributed by atoms with van der Waals surface area (Å²) in [5.41, 5.74) is 4.78. The highest BCUT2D eigenvalue weighted by molar-refractivity contribution is 5.93. The summed E-state index contributed by atoms with van der Waals surface area (Å²) in [7, 11) is 0. The van der Waals surface area contributed by atoms with Crippen LogP contribution in [0, 0.1) is 11.0 Å². The predicted molar refractivity (Wildman–Crippen MR) is 100 cm³/mol. The molecule has 1 aliphatic rings. The quantitative estimate of drug-likeness (QED) is 0.557. The number of halogens is 3. The van der Waals surface area contributed by atoms with Crippen molar-refractivity contribution in [2.75, 3.05) is 18.4 Å². The number of likely N-dealkylation sites (tertiary alicyclic amines) is 1. The molecule has 2 aromatic heterocycles. The summed E-state index contributed by atoms with van der Waals surface area (Å²) in [4.78, 5) is 29.2. The first-order chi connectivity index (χ1) is 14.1. The van der Waals surface area contributed by atoms with E-state index >= 15 is 0 Å². The average molecular weight is 423 g/mol. The number of pyridine rings is 2. The number of aromatic nitrogens is 2. The number of nitrogens with zero attached hydrogens (tertiary/aromatic N) is 3. The molecule has 0 aromatic carbocycles. The number of alkyl halides is 2. The Morgan fingerprint density at radius 2 is 2.13 bits per heavy atom. The number of piperidine rings is 1. The van der Waals surface area contributed by atoms with Gasteiger partial charge in [0.25, 0.3) is 11.6 Å². The van der Waals surface area contributed by atoms with E-state index in [-0.39, 0.29) is 29.2 Å². The Bertz CT molecular complexity index is 955. The number of anilines is 1. The number of nitrogens with two attached hydrogens (primary N) is 1. The minimum atomic E-state index is -3.10. The first kappa shape index (κ1) is 21.5. The number of nitrogens with one attached hydrogen (secondary N) is 1.